The molecular weight excluding hydrogens is 395 g/mol. The molecule has 0 atom stereocenters. The highest BCUT2D eigenvalue weighted by Gasteiger charge is 2.24. The van der Waals surface area contributed by atoms with Crippen LogP contribution >= 0.6 is 0 Å². The summed E-state index contributed by atoms with van der Waals surface area (Å²) in [5.41, 5.74) is 3.30. The normalized spacial score (nSPS) is 10.8. The molecule has 156 valence electrons. The van der Waals surface area contributed by atoms with Crippen LogP contribution in [0.3, 0.4) is 0 Å². The summed E-state index contributed by atoms with van der Waals surface area (Å²) in [6.45, 7) is 0.325. The molecule has 6 heteroatoms. The minimum absolute atomic E-state index is 0.254. The van der Waals surface area contributed by atoms with E-state index in [-0.39, 0.29) is 11.5 Å². The van der Waals surface area contributed by atoms with E-state index in [1.807, 2.05) is 42.5 Å². The van der Waals surface area contributed by atoms with Gasteiger partial charge in [0.1, 0.15) is 17.3 Å². The lowest BCUT2D eigenvalue weighted by molar-refractivity contribution is -0.117. The van der Waals surface area contributed by atoms with Crippen molar-refractivity contribution in [2.24, 2.45) is 0 Å². The van der Waals surface area contributed by atoms with Crippen LogP contribution in [0.15, 0.2) is 79.0 Å². The molecular formula is C25H21FN2O3. The summed E-state index contributed by atoms with van der Waals surface area (Å²) in [4.78, 5) is 25.7. The topological polar surface area (TPSA) is 59.8 Å². The molecule has 2 aromatic heterocycles. The third-order valence-electron chi connectivity index (χ3n) is 5.11. The summed E-state index contributed by atoms with van der Waals surface area (Å²) in [6.07, 6.45) is 2.32. The third kappa shape index (κ3) is 4.33. The molecule has 0 spiro atoms. The Bertz CT molecular complexity index is 1230. The van der Waals surface area contributed by atoms with Crippen molar-refractivity contribution in [3.63, 3.8) is 0 Å². The number of hydrogen-bond donors (Lipinski definition) is 1. The van der Waals surface area contributed by atoms with Gasteiger partial charge in [0.05, 0.1) is 7.11 Å². The van der Waals surface area contributed by atoms with Crippen molar-refractivity contribution >= 4 is 17.2 Å². The van der Waals surface area contributed by atoms with E-state index in [4.69, 9.17) is 4.74 Å². The molecule has 1 amide bonds. The number of nitrogens with one attached hydrogen (secondary N) is 1. The molecule has 0 radical (unpaired) electrons. The van der Waals surface area contributed by atoms with Crippen LogP contribution in [0.5, 0.6) is 5.75 Å². The van der Waals surface area contributed by atoms with Gasteiger partial charge < -0.3 is 14.5 Å². The maximum Gasteiger partial charge on any atom is 0.294 e. The summed E-state index contributed by atoms with van der Waals surface area (Å²) in [5.74, 6) is -0.922. The number of fused-ring (bicyclic) bond motifs is 1. The van der Waals surface area contributed by atoms with Gasteiger partial charge in [-0.15, -0.1) is 0 Å². The lowest BCUT2D eigenvalue weighted by atomic mass is 10.0. The van der Waals surface area contributed by atoms with Crippen LogP contribution in [0.25, 0.3) is 16.6 Å². The van der Waals surface area contributed by atoms with Gasteiger partial charge in [-0.1, -0.05) is 30.3 Å². The predicted octanol–water partition coefficient (Wildman–Crippen LogP) is 4.30. The highest BCUT2D eigenvalue weighted by atomic mass is 19.1. The third-order valence-corrected chi connectivity index (χ3v) is 5.11. The van der Waals surface area contributed by atoms with Gasteiger partial charge in [0.15, 0.2) is 0 Å². The van der Waals surface area contributed by atoms with Crippen LogP contribution in [0, 0.1) is 5.82 Å². The van der Waals surface area contributed by atoms with Crippen LogP contribution in [0.1, 0.15) is 16.1 Å². The number of benzene rings is 2. The largest absolute Gasteiger partial charge is 0.497 e. The minimum Gasteiger partial charge on any atom is -0.497 e. The quantitative estimate of drug-likeness (QED) is 0.361. The van der Waals surface area contributed by atoms with Gasteiger partial charge in [-0.3, -0.25) is 9.59 Å². The zero-order valence-electron chi connectivity index (χ0n) is 17.0. The smallest absolute Gasteiger partial charge is 0.294 e. The molecule has 0 saturated carbocycles. The van der Waals surface area contributed by atoms with Crippen molar-refractivity contribution in [3.8, 4) is 16.9 Å². The summed E-state index contributed by atoms with van der Waals surface area (Å²) in [7, 11) is 1.60. The fourth-order valence-electron chi connectivity index (χ4n) is 3.51. The van der Waals surface area contributed by atoms with Crippen LogP contribution in [-0.4, -0.2) is 29.7 Å². The first-order chi connectivity index (χ1) is 15.1. The number of nitrogens with zero attached hydrogens (tertiary/aromatic N) is 1. The molecule has 0 aliphatic rings. The average molecular weight is 416 g/mol. The Morgan fingerprint density at radius 1 is 1.00 bits per heavy atom. The first-order valence-electron chi connectivity index (χ1n) is 9.88. The fraction of sp³-hybridized carbons (Fsp3) is 0.120. The molecule has 0 aliphatic carbocycles. The van der Waals surface area contributed by atoms with Gasteiger partial charge in [0, 0.05) is 23.8 Å². The molecule has 4 rings (SSSR count). The van der Waals surface area contributed by atoms with Gasteiger partial charge in [0.2, 0.25) is 0 Å². The number of ether oxygens (including phenoxy) is 1. The van der Waals surface area contributed by atoms with E-state index in [9.17, 15) is 14.0 Å². The van der Waals surface area contributed by atoms with Crippen molar-refractivity contribution in [2.75, 3.05) is 13.7 Å². The fourth-order valence-corrected chi connectivity index (χ4v) is 3.51. The van der Waals surface area contributed by atoms with Crippen LogP contribution in [-0.2, 0) is 11.2 Å². The number of carbonyl (C=O) groups is 2. The average Bonchev–Trinajstić information content (AvgIpc) is 3.19. The molecule has 31 heavy (non-hydrogen) atoms. The first-order valence-corrected chi connectivity index (χ1v) is 9.88. The Labute approximate surface area is 179 Å². The maximum absolute atomic E-state index is 13.4. The van der Waals surface area contributed by atoms with Gasteiger partial charge in [-0.2, -0.15) is 0 Å². The molecule has 2 heterocycles. The monoisotopic (exact) mass is 416 g/mol. The summed E-state index contributed by atoms with van der Waals surface area (Å²) in [6, 6.07) is 20.7. The number of pyridine rings is 1. The number of carbonyl (C=O) groups excluding carboxylic acids is 2. The highest BCUT2D eigenvalue weighted by Crippen LogP contribution is 2.28. The first kappa shape index (κ1) is 20.3. The van der Waals surface area contributed by atoms with Crippen molar-refractivity contribution in [3.05, 3.63) is 96.1 Å². The lowest BCUT2D eigenvalue weighted by Crippen LogP contribution is -2.33. The maximum atomic E-state index is 13.4. The van der Waals surface area contributed by atoms with Gasteiger partial charge in [-0.05, 0) is 60.0 Å². The van der Waals surface area contributed by atoms with E-state index in [2.05, 4.69) is 5.32 Å². The van der Waals surface area contributed by atoms with Crippen molar-refractivity contribution < 1.29 is 18.7 Å². The Morgan fingerprint density at radius 2 is 1.74 bits per heavy atom. The Kier molecular flexibility index (Phi) is 5.80. The van der Waals surface area contributed by atoms with Crippen molar-refractivity contribution in [2.45, 2.75) is 6.42 Å². The second kappa shape index (κ2) is 8.83. The van der Waals surface area contributed by atoms with Crippen LogP contribution in [0.4, 0.5) is 4.39 Å². The summed E-state index contributed by atoms with van der Waals surface area (Å²) < 4.78 is 20.2. The Hall–Kier alpha value is -3.93. The number of methoxy groups -OCH3 is 1. The zero-order valence-corrected chi connectivity index (χ0v) is 17.0. The number of amides is 1. The molecule has 0 saturated heterocycles. The second-order valence-corrected chi connectivity index (χ2v) is 7.09. The number of halogens is 1. The van der Waals surface area contributed by atoms with Gasteiger partial charge >= 0.3 is 0 Å². The number of hydrogen-bond acceptors (Lipinski definition) is 3. The molecule has 5 nitrogen and oxygen atoms in total. The number of Topliss-reactive ketones (excluding diaryl/α,β-unsaturated/α-hetero) is 1. The molecule has 0 fully saturated rings. The highest BCUT2D eigenvalue weighted by molar-refractivity contribution is 6.43. The van der Waals surface area contributed by atoms with E-state index in [1.165, 1.54) is 12.1 Å². The zero-order chi connectivity index (χ0) is 21.8. The van der Waals surface area contributed by atoms with E-state index in [1.54, 1.807) is 35.9 Å². The minimum atomic E-state index is -0.680. The van der Waals surface area contributed by atoms with E-state index in [0.29, 0.717) is 24.1 Å². The number of aromatic nitrogens is 1. The lowest BCUT2D eigenvalue weighted by Gasteiger charge is -2.08. The standard InChI is InChI=1S/C25H21FN2O3/c1-31-21-11-5-17(6-12-21)13-14-27-25(30)24(29)23-22(18-7-9-19(26)10-8-18)16-20-4-2-3-15-28(20)23/h2-12,15-16H,13-14H2,1H3,(H,27,30). The number of rotatable bonds is 7. The molecule has 0 aliphatic heterocycles. The molecule has 0 unspecified atom stereocenters. The molecule has 1 N–H and O–H groups in total. The summed E-state index contributed by atoms with van der Waals surface area (Å²) >= 11 is 0. The van der Waals surface area contributed by atoms with Gasteiger partial charge in [0.25, 0.3) is 11.7 Å². The summed E-state index contributed by atoms with van der Waals surface area (Å²) in [5, 5.41) is 2.71. The van der Waals surface area contributed by atoms with Crippen molar-refractivity contribution in [1.82, 2.24) is 9.72 Å². The molecule has 0 bridgehead atoms. The van der Waals surface area contributed by atoms with Crippen LogP contribution < -0.4 is 10.1 Å². The predicted molar refractivity (Wildman–Crippen MR) is 117 cm³/mol. The Morgan fingerprint density at radius 3 is 2.45 bits per heavy atom. The van der Waals surface area contributed by atoms with E-state index in [0.717, 1.165) is 16.8 Å². The van der Waals surface area contributed by atoms with Gasteiger partial charge in [-0.25, -0.2) is 4.39 Å². The van der Waals surface area contributed by atoms with Crippen molar-refractivity contribution in [1.29, 1.82) is 0 Å². The molecule has 2 aromatic carbocycles. The van der Waals surface area contributed by atoms with Crippen LogP contribution in [0.2, 0.25) is 0 Å². The van der Waals surface area contributed by atoms with E-state index >= 15 is 0 Å². The number of ketones is 1. The Balaban J connectivity index is 1.55. The second-order valence-electron chi connectivity index (χ2n) is 7.09. The SMILES string of the molecule is COc1ccc(CCNC(=O)C(=O)c2c(-c3ccc(F)cc3)cc3ccccn23)cc1. The molecule has 4 aromatic rings. The van der Waals surface area contributed by atoms with E-state index < -0.39 is 11.7 Å².